The summed E-state index contributed by atoms with van der Waals surface area (Å²) in [5.74, 6) is -0.841. The number of carbonyl (C=O) groups excluding carboxylic acids is 1. The second kappa shape index (κ2) is 11.0. The highest BCUT2D eigenvalue weighted by atomic mass is 35.5. The van der Waals surface area contributed by atoms with E-state index in [0.717, 1.165) is 0 Å². The molecule has 0 aliphatic rings. The number of phenols is 1. The van der Waals surface area contributed by atoms with Gasteiger partial charge in [-0.3, -0.25) is 9.35 Å². The number of amides is 1. The van der Waals surface area contributed by atoms with Crippen molar-refractivity contribution < 1.29 is 27.6 Å². The summed E-state index contributed by atoms with van der Waals surface area (Å²) in [5.41, 5.74) is 0.278. The van der Waals surface area contributed by atoms with Crippen LogP contribution in [-0.2, 0) is 16.5 Å². The van der Waals surface area contributed by atoms with Crippen LogP contribution in [0.1, 0.15) is 22.8 Å². The zero-order valence-corrected chi connectivity index (χ0v) is 22.4. The topological polar surface area (TPSA) is 138 Å². The van der Waals surface area contributed by atoms with E-state index in [1.54, 1.807) is 49.4 Å². The molecule has 0 unspecified atom stereocenters. The fraction of sp³-hybridized carbons (Fsp3) is 0.115. The van der Waals surface area contributed by atoms with Gasteiger partial charge in [0.05, 0.1) is 18.4 Å². The number of halogens is 2. The first-order valence-corrected chi connectivity index (χ1v) is 13.3. The van der Waals surface area contributed by atoms with Gasteiger partial charge in [0.1, 0.15) is 27.0 Å². The van der Waals surface area contributed by atoms with Gasteiger partial charge in [0.2, 0.25) is 0 Å². The molecule has 0 aliphatic heterocycles. The Bertz CT molecular complexity index is 1710. The zero-order chi connectivity index (χ0) is 27.6. The van der Waals surface area contributed by atoms with Crippen LogP contribution in [-0.4, -0.2) is 31.1 Å². The summed E-state index contributed by atoms with van der Waals surface area (Å²) < 4.78 is 38.9. The third kappa shape index (κ3) is 5.44. The number of fused-ring (bicyclic) bond motifs is 1. The van der Waals surface area contributed by atoms with E-state index in [1.807, 2.05) is 0 Å². The molecule has 4 aromatic carbocycles. The number of phenolic OH excluding ortho intramolecular Hbond substituents is 1. The van der Waals surface area contributed by atoms with Crippen molar-refractivity contribution in [2.75, 3.05) is 12.4 Å². The molecule has 0 aliphatic carbocycles. The number of anilines is 1. The first-order valence-electron chi connectivity index (χ1n) is 11.1. The van der Waals surface area contributed by atoms with Gasteiger partial charge in [-0.1, -0.05) is 60.5 Å². The maximum absolute atomic E-state index is 13.2. The van der Waals surface area contributed by atoms with Crippen LogP contribution in [0.2, 0.25) is 10.0 Å². The van der Waals surface area contributed by atoms with Crippen LogP contribution >= 0.6 is 23.2 Å². The van der Waals surface area contributed by atoms with E-state index in [9.17, 15) is 22.9 Å². The standard InChI is InChI=1S/C26H21Cl2N3O6S/c1-3-14-12-22(38(34,35)36)20(13-18(14)27)30-31-24-16-8-5-4-7-15(16)11-17(25(24)32)26(33)29-19-9-6-10-21(37-2)23(19)28/h4-13,32H,3H2,1-2H3,(H,29,33)(H,34,35,36). The largest absolute Gasteiger partial charge is 0.505 e. The summed E-state index contributed by atoms with van der Waals surface area (Å²) in [7, 11) is -3.23. The molecule has 1 amide bonds. The summed E-state index contributed by atoms with van der Waals surface area (Å²) in [6, 6.07) is 15.6. The third-order valence-electron chi connectivity index (χ3n) is 5.72. The van der Waals surface area contributed by atoms with Gasteiger partial charge >= 0.3 is 0 Å². The molecule has 9 nitrogen and oxygen atoms in total. The second-order valence-corrected chi connectivity index (χ2v) is 10.2. The van der Waals surface area contributed by atoms with Crippen LogP contribution in [0.25, 0.3) is 10.8 Å². The fourth-order valence-electron chi connectivity index (χ4n) is 3.79. The summed E-state index contributed by atoms with van der Waals surface area (Å²) in [6.07, 6.45) is 0.415. The van der Waals surface area contributed by atoms with Gasteiger partial charge in [0.25, 0.3) is 16.0 Å². The van der Waals surface area contributed by atoms with Gasteiger partial charge in [0.15, 0.2) is 5.75 Å². The van der Waals surface area contributed by atoms with Gasteiger partial charge in [-0.25, -0.2) is 0 Å². The van der Waals surface area contributed by atoms with Crippen molar-refractivity contribution in [3.8, 4) is 11.5 Å². The van der Waals surface area contributed by atoms with Gasteiger partial charge in [-0.2, -0.15) is 8.42 Å². The second-order valence-electron chi connectivity index (χ2n) is 8.06. The zero-order valence-electron chi connectivity index (χ0n) is 20.1. The van der Waals surface area contributed by atoms with Crippen molar-refractivity contribution >= 4 is 67.1 Å². The Hall–Kier alpha value is -3.70. The number of rotatable bonds is 7. The monoisotopic (exact) mass is 573 g/mol. The molecule has 196 valence electrons. The number of aromatic hydroxyl groups is 1. The molecule has 4 aromatic rings. The van der Waals surface area contributed by atoms with Gasteiger partial charge < -0.3 is 15.2 Å². The number of aryl methyl sites for hydroxylation is 1. The lowest BCUT2D eigenvalue weighted by atomic mass is 10.0. The summed E-state index contributed by atoms with van der Waals surface area (Å²) >= 11 is 12.5. The van der Waals surface area contributed by atoms with Crippen LogP contribution in [0.15, 0.2) is 75.8 Å². The maximum Gasteiger partial charge on any atom is 0.296 e. The molecule has 4 rings (SSSR count). The molecule has 0 radical (unpaired) electrons. The number of nitrogens with one attached hydrogen (secondary N) is 1. The van der Waals surface area contributed by atoms with Crippen molar-refractivity contribution in [2.45, 2.75) is 18.2 Å². The van der Waals surface area contributed by atoms with Crippen molar-refractivity contribution in [3.63, 3.8) is 0 Å². The number of azo groups is 1. The van der Waals surface area contributed by atoms with E-state index in [0.29, 0.717) is 28.5 Å². The Kier molecular flexibility index (Phi) is 7.89. The average Bonchev–Trinajstić information content (AvgIpc) is 2.88. The Morgan fingerprint density at radius 1 is 1.05 bits per heavy atom. The van der Waals surface area contributed by atoms with E-state index >= 15 is 0 Å². The molecule has 3 N–H and O–H groups in total. The van der Waals surface area contributed by atoms with Crippen LogP contribution in [0.3, 0.4) is 0 Å². The number of ether oxygens (including phenoxy) is 1. The van der Waals surface area contributed by atoms with Crippen molar-refractivity contribution in [3.05, 3.63) is 81.8 Å². The molecule has 12 heteroatoms. The van der Waals surface area contributed by atoms with E-state index in [1.165, 1.54) is 25.3 Å². The third-order valence-corrected chi connectivity index (χ3v) is 7.34. The summed E-state index contributed by atoms with van der Waals surface area (Å²) in [5, 5.41) is 23.2. The lowest BCUT2D eigenvalue weighted by molar-refractivity contribution is 0.102. The molecule has 38 heavy (non-hydrogen) atoms. The molecule has 0 saturated heterocycles. The van der Waals surface area contributed by atoms with Gasteiger partial charge in [-0.15, -0.1) is 10.2 Å². The fourth-order valence-corrected chi connectivity index (χ4v) is 4.99. The quantitative estimate of drug-likeness (QED) is 0.156. The highest BCUT2D eigenvalue weighted by Crippen LogP contribution is 2.41. The number of benzene rings is 4. The minimum atomic E-state index is -4.67. The number of nitrogens with zero attached hydrogens (tertiary/aromatic N) is 2. The predicted octanol–water partition coefficient (Wildman–Crippen LogP) is 7.34. The molecule has 0 fully saturated rings. The van der Waals surface area contributed by atoms with E-state index in [-0.39, 0.29) is 32.7 Å². The Balaban J connectivity index is 1.84. The number of methoxy groups -OCH3 is 1. The highest BCUT2D eigenvalue weighted by Gasteiger charge is 2.22. The first kappa shape index (κ1) is 27.3. The van der Waals surface area contributed by atoms with E-state index in [2.05, 4.69) is 15.5 Å². The minimum Gasteiger partial charge on any atom is -0.505 e. The van der Waals surface area contributed by atoms with Crippen LogP contribution in [0.4, 0.5) is 17.1 Å². The molecule has 0 saturated carbocycles. The molecular formula is C26H21Cl2N3O6S. The lowest BCUT2D eigenvalue weighted by Crippen LogP contribution is -2.12. The Morgan fingerprint density at radius 2 is 1.79 bits per heavy atom. The normalized spacial score (nSPS) is 11.7. The highest BCUT2D eigenvalue weighted by molar-refractivity contribution is 7.86. The SMILES string of the molecule is CCc1cc(S(=O)(=O)O)c(N=Nc2c(O)c(C(=O)Nc3cccc(OC)c3Cl)cc3ccccc23)cc1Cl. The van der Waals surface area contributed by atoms with E-state index < -0.39 is 26.7 Å². The van der Waals surface area contributed by atoms with Crippen LogP contribution in [0.5, 0.6) is 11.5 Å². The molecular weight excluding hydrogens is 553 g/mol. The molecule has 0 bridgehead atoms. The predicted molar refractivity (Wildman–Crippen MR) is 146 cm³/mol. The molecule has 0 aromatic heterocycles. The maximum atomic E-state index is 13.2. The minimum absolute atomic E-state index is 0.0954. The molecule has 0 spiro atoms. The molecule has 0 atom stereocenters. The Morgan fingerprint density at radius 3 is 2.47 bits per heavy atom. The Labute approximate surface area is 228 Å². The van der Waals surface area contributed by atoms with Crippen molar-refractivity contribution in [2.24, 2.45) is 10.2 Å². The van der Waals surface area contributed by atoms with Crippen molar-refractivity contribution in [1.82, 2.24) is 0 Å². The molecule has 0 heterocycles. The smallest absolute Gasteiger partial charge is 0.296 e. The van der Waals surface area contributed by atoms with Gasteiger partial charge in [0, 0.05) is 10.4 Å². The van der Waals surface area contributed by atoms with Crippen LogP contribution in [0, 0.1) is 0 Å². The number of hydrogen-bond donors (Lipinski definition) is 3. The summed E-state index contributed by atoms with van der Waals surface area (Å²) in [6.45, 7) is 1.77. The summed E-state index contributed by atoms with van der Waals surface area (Å²) in [4.78, 5) is 12.7. The first-order chi connectivity index (χ1) is 18.0. The number of hydrogen-bond acceptors (Lipinski definition) is 7. The average molecular weight is 574 g/mol. The van der Waals surface area contributed by atoms with E-state index in [4.69, 9.17) is 27.9 Å². The van der Waals surface area contributed by atoms with Gasteiger partial charge in [-0.05, 0) is 47.7 Å². The van der Waals surface area contributed by atoms with Crippen LogP contribution < -0.4 is 10.1 Å². The lowest BCUT2D eigenvalue weighted by Gasteiger charge is -2.13. The van der Waals surface area contributed by atoms with Crippen molar-refractivity contribution in [1.29, 1.82) is 0 Å². The number of carbonyl (C=O) groups is 1.